The van der Waals surface area contributed by atoms with Gasteiger partial charge in [0.15, 0.2) is 0 Å². The molecule has 1 N–H and O–H groups in total. The first-order valence-corrected chi connectivity index (χ1v) is 8.78. The lowest BCUT2D eigenvalue weighted by Gasteiger charge is -2.31. The third-order valence-corrected chi connectivity index (χ3v) is 5.12. The van der Waals surface area contributed by atoms with E-state index < -0.39 is 29.7 Å². The third kappa shape index (κ3) is 4.00. The van der Waals surface area contributed by atoms with Crippen molar-refractivity contribution in [2.24, 2.45) is 5.92 Å². The Balaban J connectivity index is 2.58. The highest BCUT2D eigenvalue weighted by Gasteiger charge is 2.45. The molecule has 1 aromatic carbocycles. The zero-order valence-electron chi connectivity index (χ0n) is 13.9. The lowest BCUT2D eigenvalue weighted by molar-refractivity contribution is -0.150. The number of rotatable bonds is 5. The molecule has 9 heteroatoms. The molecule has 0 aromatic heterocycles. The Morgan fingerprint density at radius 3 is 2.58 bits per heavy atom. The maximum atomic E-state index is 12.5. The number of nitrogens with zero attached hydrogens (tertiary/aromatic N) is 1. The summed E-state index contributed by atoms with van der Waals surface area (Å²) in [5.74, 6) is -4.22. The minimum atomic E-state index is -1.27. The van der Waals surface area contributed by atoms with Gasteiger partial charge in [0.2, 0.25) is 5.91 Å². The quantitative estimate of drug-likeness (QED) is 0.601. The van der Waals surface area contributed by atoms with E-state index in [1.807, 2.05) is 6.07 Å². The van der Waals surface area contributed by atoms with Gasteiger partial charge in [-0.3, -0.25) is 14.4 Å². The van der Waals surface area contributed by atoms with Crippen molar-refractivity contribution >= 4 is 41.2 Å². The normalized spacial score (nSPS) is 19.4. The van der Waals surface area contributed by atoms with Crippen molar-refractivity contribution in [3.05, 3.63) is 45.5 Å². The number of carbonyl (C=O) groups is 3. The van der Waals surface area contributed by atoms with Crippen LogP contribution in [0.2, 0.25) is 5.02 Å². The number of esters is 2. The highest BCUT2D eigenvalue weighted by Crippen LogP contribution is 2.42. The molecule has 7 nitrogen and oxygen atoms in total. The van der Waals surface area contributed by atoms with Crippen molar-refractivity contribution < 1.29 is 23.9 Å². The van der Waals surface area contributed by atoms with Gasteiger partial charge < -0.3 is 14.8 Å². The van der Waals surface area contributed by atoms with Crippen molar-refractivity contribution in [2.75, 3.05) is 20.0 Å². The smallest absolute Gasteiger partial charge is 0.319 e. The summed E-state index contributed by atoms with van der Waals surface area (Å²) in [5.41, 5.74) is 0.578. The number of halogens is 1. The van der Waals surface area contributed by atoms with Gasteiger partial charge in [0.05, 0.1) is 36.6 Å². The average Bonchev–Trinajstić information content (AvgIpc) is 2.65. The minimum absolute atomic E-state index is 0.102. The molecule has 1 heterocycles. The molecule has 0 saturated heterocycles. The second kappa shape index (κ2) is 8.74. The Morgan fingerprint density at radius 2 is 2.00 bits per heavy atom. The lowest BCUT2D eigenvalue weighted by atomic mass is 9.78. The zero-order valence-corrected chi connectivity index (χ0v) is 15.5. The van der Waals surface area contributed by atoms with Crippen LogP contribution in [0.4, 0.5) is 0 Å². The second-order valence-electron chi connectivity index (χ2n) is 5.21. The number of methoxy groups -OCH3 is 2. The molecule has 0 spiro atoms. The van der Waals surface area contributed by atoms with Gasteiger partial charge in [0.25, 0.3) is 0 Å². The molecule has 0 aliphatic carbocycles. The van der Waals surface area contributed by atoms with Crippen LogP contribution >= 0.6 is 23.4 Å². The lowest BCUT2D eigenvalue weighted by Crippen LogP contribution is -2.44. The van der Waals surface area contributed by atoms with E-state index >= 15 is 0 Å². The van der Waals surface area contributed by atoms with Crippen LogP contribution in [-0.2, 0) is 23.9 Å². The number of allylic oxidation sites excluding steroid dienone is 1. The molecular formula is C17H15ClN2O5S. The first kappa shape index (κ1) is 19.8. The molecule has 1 amide bonds. The average molecular weight is 395 g/mol. The monoisotopic (exact) mass is 394 g/mol. The summed E-state index contributed by atoms with van der Waals surface area (Å²) < 4.78 is 9.31. The molecule has 26 heavy (non-hydrogen) atoms. The second-order valence-corrected chi connectivity index (χ2v) is 6.60. The number of nitrogens with one attached hydrogen (secondary N) is 1. The molecule has 136 valence electrons. The van der Waals surface area contributed by atoms with Crippen LogP contribution in [0.5, 0.6) is 0 Å². The maximum Gasteiger partial charge on any atom is 0.319 e. The van der Waals surface area contributed by atoms with E-state index in [0.717, 1.165) is 18.9 Å². The molecule has 2 unspecified atom stereocenters. The number of hydrogen-bond acceptors (Lipinski definition) is 7. The molecule has 1 aliphatic rings. The van der Waals surface area contributed by atoms with E-state index in [1.165, 1.54) is 7.11 Å². The number of nitriles is 1. The van der Waals surface area contributed by atoms with E-state index in [9.17, 15) is 19.6 Å². The van der Waals surface area contributed by atoms with Crippen molar-refractivity contribution in [2.45, 2.75) is 5.92 Å². The number of thioether (sulfide) groups is 1. The number of hydrogen-bond donors (Lipinski definition) is 1. The number of benzene rings is 1. The van der Waals surface area contributed by atoms with E-state index in [4.69, 9.17) is 16.3 Å². The SMILES string of the molecule is COC(=O)CSC1=C(C#N)C(c2ccccc2Cl)C(C(=O)OC)C(=O)N1. The van der Waals surface area contributed by atoms with Gasteiger partial charge in [0.1, 0.15) is 5.92 Å². The van der Waals surface area contributed by atoms with E-state index in [2.05, 4.69) is 10.1 Å². The highest BCUT2D eigenvalue weighted by molar-refractivity contribution is 8.03. The Hall–Kier alpha value is -2.50. The van der Waals surface area contributed by atoms with E-state index in [0.29, 0.717) is 10.6 Å². The van der Waals surface area contributed by atoms with Gasteiger partial charge in [-0.05, 0) is 11.6 Å². The van der Waals surface area contributed by atoms with Crippen LogP contribution in [0.15, 0.2) is 34.9 Å². The van der Waals surface area contributed by atoms with Gasteiger partial charge in [-0.1, -0.05) is 41.6 Å². The molecule has 0 saturated carbocycles. The van der Waals surface area contributed by atoms with Crippen molar-refractivity contribution in [3.8, 4) is 6.07 Å². The third-order valence-electron chi connectivity index (χ3n) is 3.79. The molecular weight excluding hydrogens is 380 g/mol. The first-order chi connectivity index (χ1) is 12.4. The molecule has 2 rings (SSSR count). The summed E-state index contributed by atoms with van der Waals surface area (Å²) in [7, 11) is 2.40. The zero-order chi connectivity index (χ0) is 19.3. The minimum Gasteiger partial charge on any atom is -0.468 e. The Morgan fingerprint density at radius 1 is 1.31 bits per heavy atom. The summed E-state index contributed by atoms with van der Waals surface area (Å²) in [6, 6.07) is 8.66. The fourth-order valence-electron chi connectivity index (χ4n) is 2.57. The fourth-order valence-corrected chi connectivity index (χ4v) is 3.71. The molecule has 2 atom stereocenters. The number of amides is 1. The van der Waals surface area contributed by atoms with Gasteiger partial charge in [0, 0.05) is 10.9 Å². The van der Waals surface area contributed by atoms with Crippen LogP contribution in [0.3, 0.4) is 0 Å². The highest BCUT2D eigenvalue weighted by atomic mass is 35.5. The fraction of sp³-hybridized carbons (Fsp3) is 0.294. The predicted molar refractivity (Wildman–Crippen MR) is 95.0 cm³/mol. The molecule has 1 aliphatic heterocycles. The summed E-state index contributed by atoms with van der Waals surface area (Å²) in [4.78, 5) is 36.2. The molecule has 0 fully saturated rings. The predicted octanol–water partition coefficient (Wildman–Crippen LogP) is 1.98. The summed E-state index contributed by atoms with van der Waals surface area (Å²) in [6.45, 7) is 0. The van der Waals surface area contributed by atoms with Gasteiger partial charge >= 0.3 is 11.9 Å². The van der Waals surface area contributed by atoms with Gasteiger partial charge in [-0.15, -0.1) is 0 Å². The topological polar surface area (TPSA) is 105 Å². The number of ether oxygens (including phenoxy) is 2. The summed E-state index contributed by atoms with van der Waals surface area (Å²) >= 11 is 7.19. The van der Waals surface area contributed by atoms with Gasteiger partial charge in [-0.25, -0.2) is 0 Å². The standard InChI is InChI=1S/C17H15ClN2O5S/c1-24-12(21)8-26-16-10(7-19)13(9-5-3-4-6-11(9)18)14(15(22)20-16)17(23)25-2/h3-6,13-14H,8H2,1-2H3,(H,20,22). The van der Waals surface area contributed by atoms with Crippen LogP contribution in [0.1, 0.15) is 11.5 Å². The van der Waals surface area contributed by atoms with Crippen LogP contribution < -0.4 is 5.32 Å². The summed E-state index contributed by atoms with van der Waals surface area (Å²) in [6.07, 6.45) is 0. The molecule has 0 bridgehead atoms. The van der Waals surface area contributed by atoms with Crippen LogP contribution in [0.25, 0.3) is 0 Å². The molecule has 1 aromatic rings. The van der Waals surface area contributed by atoms with E-state index in [-0.39, 0.29) is 16.4 Å². The maximum absolute atomic E-state index is 12.5. The van der Waals surface area contributed by atoms with Crippen molar-refractivity contribution in [3.63, 3.8) is 0 Å². The van der Waals surface area contributed by atoms with Crippen molar-refractivity contribution in [1.29, 1.82) is 5.26 Å². The Bertz CT molecular complexity index is 818. The molecule has 0 radical (unpaired) electrons. The largest absolute Gasteiger partial charge is 0.468 e. The van der Waals surface area contributed by atoms with Gasteiger partial charge in [-0.2, -0.15) is 5.26 Å². The Kier molecular flexibility index (Phi) is 6.66. The van der Waals surface area contributed by atoms with Crippen molar-refractivity contribution in [1.82, 2.24) is 5.32 Å². The van der Waals surface area contributed by atoms with Crippen LogP contribution in [-0.4, -0.2) is 37.8 Å². The Labute approximate surface area is 159 Å². The van der Waals surface area contributed by atoms with Crippen LogP contribution in [0, 0.1) is 17.2 Å². The first-order valence-electron chi connectivity index (χ1n) is 7.41. The summed E-state index contributed by atoms with van der Waals surface area (Å²) in [5, 5.41) is 12.7. The van der Waals surface area contributed by atoms with E-state index in [1.54, 1.807) is 24.3 Å². The number of carbonyl (C=O) groups excluding carboxylic acids is 3.